The maximum atomic E-state index is 9.27. The molecule has 0 unspecified atom stereocenters. The first kappa shape index (κ1) is 12.1. The van der Waals surface area contributed by atoms with Gasteiger partial charge in [-0.05, 0) is 33.0 Å². The Hall–Kier alpha value is -0.960. The molecule has 1 aromatic heterocycles. The van der Waals surface area contributed by atoms with Gasteiger partial charge in [-0.25, -0.2) is 4.98 Å². The molecule has 0 bridgehead atoms. The molecule has 0 atom stereocenters. The second kappa shape index (κ2) is 4.61. The highest BCUT2D eigenvalue weighted by atomic mass is 32.1. The molecule has 0 saturated carbocycles. The van der Waals surface area contributed by atoms with Crippen LogP contribution < -0.4 is 0 Å². The van der Waals surface area contributed by atoms with E-state index in [0.717, 1.165) is 18.8 Å². The van der Waals surface area contributed by atoms with Crippen molar-refractivity contribution in [3.05, 3.63) is 16.1 Å². The third-order valence-electron chi connectivity index (χ3n) is 3.99. The first-order valence-electron chi connectivity index (χ1n) is 6.37. The molecular weight excluding hydrogens is 246 g/mol. The largest absolute Gasteiger partial charge is 0.377 e. The Balaban J connectivity index is 1.76. The van der Waals surface area contributed by atoms with E-state index in [9.17, 15) is 5.26 Å². The van der Waals surface area contributed by atoms with Crippen LogP contribution in [-0.4, -0.2) is 43.2 Å². The van der Waals surface area contributed by atoms with Gasteiger partial charge in [0.25, 0.3) is 0 Å². The number of hydrogen-bond acceptors (Lipinski definition) is 5. The van der Waals surface area contributed by atoms with Crippen LogP contribution in [0.2, 0.25) is 0 Å². The molecular formula is C13H17N3OS. The summed E-state index contributed by atoms with van der Waals surface area (Å²) in [4.78, 5) is 7.08. The lowest BCUT2D eigenvalue weighted by Crippen LogP contribution is -2.45. The van der Waals surface area contributed by atoms with Crippen molar-refractivity contribution in [1.29, 1.82) is 5.26 Å². The lowest BCUT2D eigenvalue weighted by Gasteiger charge is -2.33. The molecule has 1 aromatic rings. The van der Waals surface area contributed by atoms with E-state index in [0.29, 0.717) is 19.1 Å². The number of nitriles is 1. The molecule has 3 rings (SSSR count). The van der Waals surface area contributed by atoms with Gasteiger partial charge in [0.2, 0.25) is 0 Å². The van der Waals surface area contributed by atoms with E-state index in [-0.39, 0.29) is 0 Å². The Morgan fingerprint density at radius 3 is 2.78 bits per heavy atom. The first-order valence-corrected chi connectivity index (χ1v) is 7.25. The SMILES string of the molecule is CN1CCC(c2nc(C3(C#N)COC3)cs2)CC1. The molecule has 0 N–H and O–H groups in total. The monoisotopic (exact) mass is 263 g/mol. The van der Waals surface area contributed by atoms with Gasteiger partial charge in [0.05, 0.1) is 30.0 Å². The van der Waals surface area contributed by atoms with Crippen molar-refractivity contribution in [2.45, 2.75) is 24.2 Å². The highest BCUT2D eigenvalue weighted by Gasteiger charge is 2.43. The summed E-state index contributed by atoms with van der Waals surface area (Å²) in [7, 11) is 2.17. The zero-order chi connectivity index (χ0) is 12.6. The van der Waals surface area contributed by atoms with Gasteiger partial charge in [-0.1, -0.05) is 0 Å². The van der Waals surface area contributed by atoms with E-state index in [2.05, 4.69) is 23.4 Å². The Kier molecular flexibility index (Phi) is 3.10. The van der Waals surface area contributed by atoms with Crippen molar-refractivity contribution in [1.82, 2.24) is 9.88 Å². The molecule has 0 spiro atoms. The lowest BCUT2D eigenvalue weighted by molar-refractivity contribution is -0.0315. The number of rotatable bonds is 2. The number of thiazole rings is 1. The molecule has 5 heteroatoms. The number of ether oxygens (including phenoxy) is 1. The molecule has 18 heavy (non-hydrogen) atoms. The Morgan fingerprint density at radius 2 is 2.22 bits per heavy atom. The summed E-state index contributed by atoms with van der Waals surface area (Å²) in [5.41, 5.74) is 0.468. The third-order valence-corrected chi connectivity index (χ3v) is 5.00. The van der Waals surface area contributed by atoms with Gasteiger partial charge in [-0.3, -0.25) is 0 Å². The van der Waals surface area contributed by atoms with Crippen LogP contribution in [-0.2, 0) is 10.2 Å². The van der Waals surface area contributed by atoms with E-state index < -0.39 is 5.41 Å². The molecule has 2 aliphatic heterocycles. The maximum absolute atomic E-state index is 9.27. The molecule has 2 aliphatic rings. The van der Waals surface area contributed by atoms with Crippen LogP contribution in [0.15, 0.2) is 5.38 Å². The van der Waals surface area contributed by atoms with Gasteiger partial charge in [0, 0.05) is 11.3 Å². The summed E-state index contributed by atoms with van der Waals surface area (Å²) in [6.45, 7) is 3.29. The van der Waals surface area contributed by atoms with Crippen molar-refractivity contribution in [2.75, 3.05) is 33.4 Å². The van der Waals surface area contributed by atoms with E-state index in [1.165, 1.54) is 17.8 Å². The number of piperidine rings is 1. The fourth-order valence-electron chi connectivity index (χ4n) is 2.53. The fraction of sp³-hybridized carbons (Fsp3) is 0.692. The van der Waals surface area contributed by atoms with E-state index in [4.69, 9.17) is 9.72 Å². The van der Waals surface area contributed by atoms with Crippen LogP contribution >= 0.6 is 11.3 Å². The van der Waals surface area contributed by atoms with Gasteiger partial charge in [-0.2, -0.15) is 5.26 Å². The van der Waals surface area contributed by atoms with Gasteiger partial charge < -0.3 is 9.64 Å². The number of aromatic nitrogens is 1. The van der Waals surface area contributed by atoms with Crippen molar-refractivity contribution in [2.24, 2.45) is 0 Å². The summed E-state index contributed by atoms with van der Waals surface area (Å²) in [6.07, 6.45) is 2.36. The van der Waals surface area contributed by atoms with Crippen molar-refractivity contribution >= 4 is 11.3 Å². The average Bonchev–Trinajstić information content (AvgIpc) is 2.79. The number of hydrogen-bond donors (Lipinski definition) is 0. The van der Waals surface area contributed by atoms with Crippen LogP contribution in [0.25, 0.3) is 0 Å². The zero-order valence-electron chi connectivity index (χ0n) is 10.6. The predicted octanol–water partition coefficient (Wildman–Crippen LogP) is 1.74. The van der Waals surface area contributed by atoms with E-state index in [1.807, 2.05) is 0 Å². The summed E-state index contributed by atoms with van der Waals surface area (Å²) in [6, 6.07) is 2.37. The third kappa shape index (κ3) is 1.95. The summed E-state index contributed by atoms with van der Waals surface area (Å²) in [5.74, 6) is 0.580. The standard InChI is InChI=1S/C13H17N3OS/c1-16-4-2-10(3-5-16)12-15-11(6-18-12)13(7-14)8-17-9-13/h6,10H,2-5,8-9H2,1H3. The second-order valence-electron chi connectivity index (χ2n) is 5.34. The van der Waals surface area contributed by atoms with Crippen LogP contribution in [0.1, 0.15) is 29.5 Å². The molecule has 4 nitrogen and oxygen atoms in total. The van der Waals surface area contributed by atoms with Crippen LogP contribution in [0.5, 0.6) is 0 Å². The van der Waals surface area contributed by atoms with Gasteiger partial charge in [-0.15, -0.1) is 11.3 Å². The summed E-state index contributed by atoms with van der Waals surface area (Å²) in [5, 5.41) is 12.5. The zero-order valence-corrected chi connectivity index (χ0v) is 11.4. The highest BCUT2D eigenvalue weighted by molar-refractivity contribution is 7.09. The predicted molar refractivity (Wildman–Crippen MR) is 69.7 cm³/mol. The quantitative estimate of drug-likeness (QED) is 0.815. The molecule has 3 heterocycles. The minimum Gasteiger partial charge on any atom is -0.377 e. The second-order valence-corrected chi connectivity index (χ2v) is 6.22. The minimum absolute atomic E-state index is 0.458. The van der Waals surface area contributed by atoms with Crippen LogP contribution in [0.3, 0.4) is 0 Å². The molecule has 0 amide bonds. The molecule has 0 aromatic carbocycles. The highest BCUT2D eigenvalue weighted by Crippen LogP contribution is 2.36. The average molecular weight is 263 g/mol. The Labute approximate surface area is 111 Å². The van der Waals surface area contributed by atoms with Crippen molar-refractivity contribution in [3.63, 3.8) is 0 Å². The Morgan fingerprint density at radius 1 is 1.50 bits per heavy atom. The summed E-state index contributed by atoms with van der Waals surface area (Å²) < 4.78 is 5.19. The molecule has 96 valence electrons. The Bertz CT molecular complexity index is 467. The maximum Gasteiger partial charge on any atom is 0.146 e. The summed E-state index contributed by atoms with van der Waals surface area (Å²) >= 11 is 1.71. The molecule has 2 fully saturated rings. The topological polar surface area (TPSA) is 49.2 Å². The number of nitrogens with zero attached hydrogens (tertiary/aromatic N) is 3. The number of likely N-dealkylation sites (tertiary alicyclic amines) is 1. The van der Waals surface area contributed by atoms with Gasteiger partial charge in [0.1, 0.15) is 5.41 Å². The fourth-order valence-corrected chi connectivity index (χ4v) is 3.62. The van der Waals surface area contributed by atoms with Crippen LogP contribution in [0, 0.1) is 11.3 Å². The minimum atomic E-state index is -0.458. The first-order chi connectivity index (χ1) is 8.73. The van der Waals surface area contributed by atoms with E-state index >= 15 is 0 Å². The van der Waals surface area contributed by atoms with Crippen molar-refractivity contribution in [3.8, 4) is 6.07 Å². The molecule has 0 radical (unpaired) electrons. The smallest absolute Gasteiger partial charge is 0.146 e. The molecule has 2 saturated heterocycles. The lowest BCUT2D eigenvalue weighted by atomic mass is 9.85. The van der Waals surface area contributed by atoms with Crippen molar-refractivity contribution < 1.29 is 4.74 Å². The van der Waals surface area contributed by atoms with Gasteiger partial charge >= 0.3 is 0 Å². The van der Waals surface area contributed by atoms with Crippen LogP contribution in [0.4, 0.5) is 0 Å². The van der Waals surface area contributed by atoms with Gasteiger partial charge in [0.15, 0.2) is 0 Å². The van der Waals surface area contributed by atoms with E-state index in [1.54, 1.807) is 11.3 Å². The molecule has 0 aliphatic carbocycles. The normalized spacial score (nSPS) is 24.4.